The van der Waals surface area contributed by atoms with Crippen molar-refractivity contribution < 1.29 is 9.50 Å². The van der Waals surface area contributed by atoms with Crippen LogP contribution in [0.5, 0.6) is 0 Å². The molecule has 1 aliphatic rings. The van der Waals surface area contributed by atoms with Gasteiger partial charge in [0, 0.05) is 31.5 Å². The van der Waals surface area contributed by atoms with Crippen molar-refractivity contribution in [1.82, 2.24) is 14.8 Å². The fourth-order valence-corrected chi connectivity index (χ4v) is 3.10. The van der Waals surface area contributed by atoms with Gasteiger partial charge in [-0.1, -0.05) is 23.4 Å². The van der Waals surface area contributed by atoms with Gasteiger partial charge in [-0.2, -0.15) is 5.10 Å². The van der Waals surface area contributed by atoms with Crippen LogP contribution in [0.4, 0.5) is 10.1 Å². The molecule has 0 bridgehead atoms. The van der Waals surface area contributed by atoms with Gasteiger partial charge >= 0.3 is 0 Å². The standard InChI is InChI=1S/C18H20ClFN4O/c1-13(25)6-15-10-23(11-15)17-7-18(19)21-9-16(17)3-2-14-8-22-24(12-14)5-4-20/h7-9,12-13,15,25H,4-6,10-11H2,1H3. The zero-order valence-corrected chi connectivity index (χ0v) is 14.7. The second-order valence-corrected chi connectivity index (χ2v) is 6.70. The van der Waals surface area contributed by atoms with Gasteiger partial charge in [-0.25, -0.2) is 9.37 Å². The highest BCUT2D eigenvalue weighted by Crippen LogP contribution is 2.31. The molecule has 2 aromatic rings. The lowest BCUT2D eigenvalue weighted by molar-refractivity contribution is 0.150. The van der Waals surface area contributed by atoms with E-state index in [9.17, 15) is 9.50 Å². The van der Waals surface area contributed by atoms with Gasteiger partial charge in [0.05, 0.1) is 35.7 Å². The minimum atomic E-state index is -0.456. The van der Waals surface area contributed by atoms with Crippen LogP contribution in [0, 0.1) is 17.8 Å². The maximum absolute atomic E-state index is 12.3. The fraction of sp³-hybridized carbons (Fsp3) is 0.444. The summed E-state index contributed by atoms with van der Waals surface area (Å²) in [7, 11) is 0. The Morgan fingerprint density at radius 1 is 1.40 bits per heavy atom. The van der Waals surface area contributed by atoms with Crippen LogP contribution in [0.3, 0.4) is 0 Å². The first-order valence-electron chi connectivity index (χ1n) is 8.24. The summed E-state index contributed by atoms with van der Waals surface area (Å²) in [4.78, 5) is 6.31. The first-order chi connectivity index (χ1) is 12.0. The molecule has 1 aliphatic heterocycles. The Balaban J connectivity index is 1.75. The van der Waals surface area contributed by atoms with E-state index in [-0.39, 0.29) is 12.6 Å². The molecule has 25 heavy (non-hydrogen) atoms. The minimum Gasteiger partial charge on any atom is -0.393 e. The van der Waals surface area contributed by atoms with E-state index in [2.05, 4.69) is 26.8 Å². The lowest BCUT2D eigenvalue weighted by Gasteiger charge is -2.42. The third kappa shape index (κ3) is 4.50. The summed E-state index contributed by atoms with van der Waals surface area (Å²) in [5, 5.41) is 14.0. The van der Waals surface area contributed by atoms with Crippen molar-refractivity contribution in [3.63, 3.8) is 0 Å². The topological polar surface area (TPSA) is 54.2 Å². The number of aliphatic hydroxyl groups is 1. The van der Waals surface area contributed by atoms with Gasteiger partial charge in [0.1, 0.15) is 11.8 Å². The average Bonchev–Trinajstić information content (AvgIpc) is 2.97. The molecule has 0 amide bonds. The van der Waals surface area contributed by atoms with E-state index in [0.717, 1.165) is 36.3 Å². The molecule has 1 unspecified atom stereocenters. The molecular weight excluding hydrogens is 343 g/mol. The molecule has 1 N–H and O–H groups in total. The molecule has 2 aromatic heterocycles. The summed E-state index contributed by atoms with van der Waals surface area (Å²) in [6.45, 7) is 3.32. The summed E-state index contributed by atoms with van der Waals surface area (Å²) >= 11 is 6.04. The van der Waals surface area contributed by atoms with E-state index >= 15 is 0 Å². The van der Waals surface area contributed by atoms with Crippen molar-refractivity contribution >= 4 is 17.3 Å². The number of nitrogens with zero attached hydrogens (tertiary/aromatic N) is 4. The zero-order chi connectivity index (χ0) is 17.8. The Hall–Kier alpha value is -2.10. The monoisotopic (exact) mass is 362 g/mol. The summed E-state index contributed by atoms with van der Waals surface area (Å²) in [6, 6.07) is 1.82. The molecular formula is C18H20ClFN4O. The molecule has 3 heterocycles. The number of pyridine rings is 1. The third-order valence-corrected chi connectivity index (χ3v) is 4.32. The van der Waals surface area contributed by atoms with Crippen molar-refractivity contribution in [2.24, 2.45) is 5.92 Å². The predicted molar refractivity (Wildman–Crippen MR) is 95.4 cm³/mol. The number of aryl methyl sites for hydroxylation is 1. The van der Waals surface area contributed by atoms with Gasteiger partial charge in [0.25, 0.3) is 0 Å². The van der Waals surface area contributed by atoms with E-state index in [0.29, 0.717) is 11.1 Å². The van der Waals surface area contributed by atoms with E-state index < -0.39 is 6.67 Å². The number of anilines is 1. The number of aromatic nitrogens is 3. The molecule has 132 valence electrons. The van der Waals surface area contributed by atoms with Gasteiger partial charge in [-0.15, -0.1) is 0 Å². The van der Waals surface area contributed by atoms with Gasteiger partial charge in [0.2, 0.25) is 0 Å². The second kappa shape index (κ2) is 7.85. The fourth-order valence-electron chi connectivity index (χ4n) is 2.95. The summed E-state index contributed by atoms with van der Waals surface area (Å²) in [5.41, 5.74) is 2.47. The van der Waals surface area contributed by atoms with Gasteiger partial charge in [-0.3, -0.25) is 4.68 Å². The molecule has 0 spiro atoms. The molecule has 3 rings (SSSR count). The lowest BCUT2D eigenvalue weighted by Crippen LogP contribution is -2.48. The van der Waals surface area contributed by atoms with Gasteiger partial charge in [-0.05, 0) is 19.3 Å². The maximum atomic E-state index is 12.3. The van der Waals surface area contributed by atoms with Crippen LogP contribution >= 0.6 is 11.6 Å². The first kappa shape index (κ1) is 17.7. The van der Waals surface area contributed by atoms with Crippen molar-refractivity contribution in [3.05, 3.63) is 40.9 Å². The van der Waals surface area contributed by atoms with Crippen LogP contribution in [0.2, 0.25) is 5.15 Å². The summed E-state index contributed by atoms with van der Waals surface area (Å²) < 4.78 is 13.9. The summed E-state index contributed by atoms with van der Waals surface area (Å²) in [5.74, 6) is 6.63. The van der Waals surface area contributed by atoms with Crippen LogP contribution < -0.4 is 4.90 Å². The number of aliphatic hydroxyl groups excluding tert-OH is 1. The van der Waals surface area contributed by atoms with E-state index in [1.807, 2.05) is 13.0 Å². The molecule has 5 nitrogen and oxygen atoms in total. The zero-order valence-electron chi connectivity index (χ0n) is 14.0. The van der Waals surface area contributed by atoms with Crippen LogP contribution in [-0.4, -0.2) is 45.7 Å². The normalized spacial score (nSPS) is 15.4. The SMILES string of the molecule is CC(O)CC1CN(c2cc(Cl)ncc2C#Cc2cnn(CCF)c2)C1. The van der Waals surface area contributed by atoms with E-state index in [1.54, 1.807) is 18.6 Å². The Bertz CT molecular complexity index is 790. The molecule has 1 saturated heterocycles. The Morgan fingerprint density at radius 2 is 2.20 bits per heavy atom. The van der Waals surface area contributed by atoms with Gasteiger partial charge in [0.15, 0.2) is 0 Å². The Kier molecular flexibility index (Phi) is 5.57. The van der Waals surface area contributed by atoms with Crippen molar-refractivity contribution in [2.45, 2.75) is 26.0 Å². The third-order valence-electron chi connectivity index (χ3n) is 4.11. The molecule has 0 saturated carbocycles. The van der Waals surface area contributed by atoms with Crippen LogP contribution in [-0.2, 0) is 6.54 Å². The van der Waals surface area contributed by atoms with Crippen LogP contribution in [0.25, 0.3) is 0 Å². The number of rotatable bonds is 5. The quantitative estimate of drug-likeness (QED) is 0.656. The first-order valence-corrected chi connectivity index (χ1v) is 8.62. The molecule has 0 radical (unpaired) electrons. The second-order valence-electron chi connectivity index (χ2n) is 6.31. The molecule has 0 aromatic carbocycles. The molecule has 1 fully saturated rings. The Morgan fingerprint density at radius 3 is 2.92 bits per heavy atom. The van der Waals surface area contributed by atoms with E-state index in [4.69, 9.17) is 11.6 Å². The van der Waals surface area contributed by atoms with E-state index in [1.165, 1.54) is 4.68 Å². The molecule has 0 aliphatic carbocycles. The largest absolute Gasteiger partial charge is 0.393 e. The van der Waals surface area contributed by atoms with Gasteiger partial charge < -0.3 is 10.0 Å². The predicted octanol–water partition coefficient (Wildman–Crippen LogP) is 2.51. The number of hydrogen-bond donors (Lipinski definition) is 1. The molecule has 7 heteroatoms. The number of halogens is 2. The maximum Gasteiger partial charge on any atom is 0.131 e. The smallest absolute Gasteiger partial charge is 0.131 e. The highest BCUT2D eigenvalue weighted by Gasteiger charge is 2.29. The summed E-state index contributed by atoms with van der Waals surface area (Å²) in [6.07, 6.45) is 5.52. The van der Waals surface area contributed by atoms with Crippen molar-refractivity contribution in [2.75, 3.05) is 24.7 Å². The number of alkyl halides is 1. The van der Waals surface area contributed by atoms with Crippen molar-refractivity contribution in [1.29, 1.82) is 0 Å². The highest BCUT2D eigenvalue weighted by atomic mass is 35.5. The highest BCUT2D eigenvalue weighted by molar-refractivity contribution is 6.29. The van der Waals surface area contributed by atoms with Crippen LogP contribution in [0.1, 0.15) is 24.5 Å². The molecule has 1 atom stereocenters. The average molecular weight is 363 g/mol. The number of hydrogen-bond acceptors (Lipinski definition) is 4. The lowest BCUT2D eigenvalue weighted by atomic mass is 9.93. The van der Waals surface area contributed by atoms with Crippen molar-refractivity contribution in [3.8, 4) is 11.8 Å². The van der Waals surface area contributed by atoms with Crippen LogP contribution in [0.15, 0.2) is 24.7 Å². The Labute approximate surface area is 151 Å². The minimum absolute atomic E-state index is 0.230.